The Labute approximate surface area is 95.5 Å². The van der Waals surface area contributed by atoms with Crippen molar-refractivity contribution in [1.82, 2.24) is 0 Å². The number of ether oxygens (including phenoxy) is 1. The van der Waals surface area contributed by atoms with Crippen LogP contribution < -0.4 is 4.90 Å². The third kappa shape index (κ3) is 3.18. The molecule has 0 bridgehead atoms. The van der Waals surface area contributed by atoms with Gasteiger partial charge in [-0.05, 0) is 19.1 Å². The molecule has 4 heteroatoms. The van der Waals surface area contributed by atoms with Gasteiger partial charge in [0.05, 0.1) is 13.2 Å². The van der Waals surface area contributed by atoms with Crippen molar-refractivity contribution in [2.75, 3.05) is 31.7 Å². The first-order valence-electron chi connectivity index (χ1n) is 5.37. The normalized spacial score (nSPS) is 10.5. The molecule has 1 N–H and O–H groups in total. The lowest BCUT2D eigenvalue weighted by Gasteiger charge is -2.22. The van der Waals surface area contributed by atoms with Crippen LogP contribution in [0.15, 0.2) is 18.2 Å². The van der Waals surface area contributed by atoms with E-state index < -0.39 is 0 Å². The number of hydrogen-bond acceptors (Lipinski definition) is 3. The number of hydrogen-bond donors (Lipinski definition) is 1. The van der Waals surface area contributed by atoms with Crippen LogP contribution in [0, 0.1) is 5.82 Å². The Kier molecular flexibility index (Phi) is 5.22. The number of halogens is 1. The van der Waals surface area contributed by atoms with E-state index in [1.807, 2.05) is 18.9 Å². The van der Waals surface area contributed by atoms with Gasteiger partial charge in [0.25, 0.3) is 0 Å². The molecule has 0 fully saturated rings. The molecule has 0 saturated heterocycles. The first-order chi connectivity index (χ1) is 7.70. The van der Waals surface area contributed by atoms with Crippen molar-refractivity contribution in [1.29, 1.82) is 0 Å². The summed E-state index contributed by atoms with van der Waals surface area (Å²) in [5, 5.41) is 9.12. The fourth-order valence-electron chi connectivity index (χ4n) is 1.53. The number of benzene rings is 1. The molecule has 0 radical (unpaired) electrons. The summed E-state index contributed by atoms with van der Waals surface area (Å²) in [7, 11) is 1.85. The Morgan fingerprint density at radius 3 is 2.81 bits per heavy atom. The molecule has 0 amide bonds. The minimum atomic E-state index is -0.372. The summed E-state index contributed by atoms with van der Waals surface area (Å²) in [6.45, 7) is 3.57. The van der Waals surface area contributed by atoms with Crippen LogP contribution in [0.2, 0.25) is 0 Å². The molecule has 0 aliphatic heterocycles. The van der Waals surface area contributed by atoms with Gasteiger partial charge in [0.15, 0.2) is 0 Å². The molecule has 1 aromatic carbocycles. The maximum Gasteiger partial charge on any atom is 0.130 e. The Bertz CT molecular complexity index is 331. The zero-order chi connectivity index (χ0) is 12.0. The van der Waals surface area contributed by atoms with Gasteiger partial charge < -0.3 is 14.7 Å². The van der Waals surface area contributed by atoms with E-state index in [4.69, 9.17) is 9.84 Å². The van der Waals surface area contributed by atoms with Gasteiger partial charge in [0.2, 0.25) is 0 Å². The monoisotopic (exact) mass is 227 g/mol. The second kappa shape index (κ2) is 6.45. The van der Waals surface area contributed by atoms with Crippen LogP contribution in [0.25, 0.3) is 0 Å². The van der Waals surface area contributed by atoms with Crippen molar-refractivity contribution in [3.05, 3.63) is 29.6 Å². The number of aliphatic hydroxyl groups excluding tert-OH is 1. The second-order valence-electron chi connectivity index (χ2n) is 3.51. The first kappa shape index (κ1) is 12.9. The minimum Gasteiger partial charge on any atom is -0.391 e. The molecule has 0 heterocycles. The summed E-state index contributed by atoms with van der Waals surface area (Å²) < 4.78 is 18.6. The standard InChI is InChI=1S/C12H18FNO2/c1-3-16-8-7-14(2)12-6-4-5-11(13)10(12)9-15/h4-6,15H,3,7-9H2,1-2H3. The Hall–Kier alpha value is -1.13. The summed E-state index contributed by atoms with van der Waals surface area (Å²) >= 11 is 0. The van der Waals surface area contributed by atoms with E-state index in [2.05, 4.69) is 0 Å². The highest BCUT2D eigenvalue weighted by atomic mass is 19.1. The molecule has 3 nitrogen and oxygen atoms in total. The van der Waals surface area contributed by atoms with Crippen LogP contribution in [-0.2, 0) is 11.3 Å². The maximum absolute atomic E-state index is 13.4. The van der Waals surface area contributed by atoms with Gasteiger partial charge in [-0.15, -0.1) is 0 Å². The smallest absolute Gasteiger partial charge is 0.130 e. The molecule has 0 unspecified atom stereocenters. The van der Waals surface area contributed by atoms with Gasteiger partial charge in [-0.2, -0.15) is 0 Å². The SMILES string of the molecule is CCOCCN(C)c1cccc(F)c1CO. The predicted molar refractivity (Wildman–Crippen MR) is 62.1 cm³/mol. The van der Waals surface area contributed by atoms with Crippen LogP contribution in [-0.4, -0.2) is 31.9 Å². The molecular formula is C12H18FNO2. The van der Waals surface area contributed by atoms with Crippen LogP contribution >= 0.6 is 0 Å². The molecule has 0 spiro atoms. The third-order valence-electron chi connectivity index (χ3n) is 2.44. The zero-order valence-corrected chi connectivity index (χ0v) is 9.74. The van der Waals surface area contributed by atoms with Gasteiger partial charge in [-0.3, -0.25) is 0 Å². The van der Waals surface area contributed by atoms with Crippen LogP contribution in [0.3, 0.4) is 0 Å². The molecule has 16 heavy (non-hydrogen) atoms. The lowest BCUT2D eigenvalue weighted by atomic mass is 10.1. The highest BCUT2D eigenvalue weighted by Gasteiger charge is 2.10. The van der Waals surface area contributed by atoms with E-state index >= 15 is 0 Å². The summed E-state index contributed by atoms with van der Waals surface area (Å²) in [6.07, 6.45) is 0. The van der Waals surface area contributed by atoms with Crippen molar-refractivity contribution < 1.29 is 14.2 Å². The van der Waals surface area contributed by atoms with Crippen molar-refractivity contribution in [3.8, 4) is 0 Å². The van der Waals surface area contributed by atoms with E-state index in [0.717, 1.165) is 0 Å². The fraction of sp³-hybridized carbons (Fsp3) is 0.500. The average molecular weight is 227 g/mol. The summed E-state index contributed by atoms with van der Waals surface area (Å²) in [6, 6.07) is 4.78. The van der Waals surface area contributed by atoms with Crippen LogP contribution in [0.5, 0.6) is 0 Å². The van der Waals surface area contributed by atoms with Crippen molar-refractivity contribution in [2.45, 2.75) is 13.5 Å². The van der Waals surface area contributed by atoms with Crippen LogP contribution in [0.1, 0.15) is 12.5 Å². The topological polar surface area (TPSA) is 32.7 Å². The van der Waals surface area contributed by atoms with Crippen molar-refractivity contribution in [3.63, 3.8) is 0 Å². The lowest BCUT2D eigenvalue weighted by molar-refractivity contribution is 0.154. The van der Waals surface area contributed by atoms with Crippen molar-refractivity contribution >= 4 is 5.69 Å². The molecule has 90 valence electrons. The quantitative estimate of drug-likeness (QED) is 0.752. The van der Waals surface area contributed by atoms with Crippen LogP contribution in [0.4, 0.5) is 10.1 Å². The molecular weight excluding hydrogens is 209 g/mol. The highest BCUT2D eigenvalue weighted by Crippen LogP contribution is 2.21. The van der Waals surface area contributed by atoms with Gasteiger partial charge >= 0.3 is 0 Å². The molecule has 0 aliphatic rings. The van der Waals surface area contributed by atoms with E-state index in [1.165, 1.54) is 6.07 Å². The van der Waals surface area contributed by atoms with E-state index in [0.29, 0.717) is 31.0 Å². The van der Waals surface area contributed by atoms with Gasteiger partial charge in [0.1, 0.15) is 5.82 Å². The third-order valence-corrected chi connectivity index (χ3v) is 2.44. The number of aliphatic hydroxyl groups is 1. The Morgan fingerprint density at radius 1 is 1.44 bits per heavy atom. The Morgan fingerprint density at radius 2 is 2.19 bits per heavy atom. The van der Waals surface area contributed by atoms with E-state index in [9.17, 15) is 4.39 Å². The predicted octanol–water partition coefficient (Wildman–Crippen LogP) is 1.79. The Balaban J connectivity index is 2.74. The molecule has 1 aromatic rings. The average Bonchev–Trinajstić information content (AvgIpc) is 2.29. The second-order valence-corrected chi connectivity index (χ2v) is 3.51. The largest absolute Gasteiger partial charge is 0.391 e. The van der Waals surface area contributed by atoms with Gasteiger partial charge in [-0.1, -0.05) is 6.07 Å². The molecule has 0 aromatic heterocycles. The molecule has 0 saturated carbocycles. The summed E-state index contributed by atoms with van der Waals surface area (Å²) in [5.41, 5.74) is 1.05. The molecule has 1 rings (SSSR count). The van der Waals surface area contributed by atoms with E-state index in [1.54, 1.807) is 12.1 Å². The summed E-state index contributed by atoms with van der Waals surface area (Å²) in [5.74, 6) is -0.372. The molecule has 0 atom stereocenters. The number of likely N-dealkylation sites (N-methyl/N-ethyl adjacent to an activating group) is 1. The summed E-state index contributed by atoms with van der Waals surface area (Å²) in [4.78, 5) is 1.88. The first-order valence-corrected chi connectivity index (χ1v) is 5.37. The van der Waals surface area contributed by atoms with E-state index in [-0.39, 0.29) is 12.4 Å². The number of nitrogens with zero attached hydrogens (tertiary/aromatic N) is 1. The lowest BCUT2D eigenvalue weighted by Crippen LogP contribution is -2.24. The minimum absolute atomic E-state index is 0.291. The highest BCUT2D eigenvalue weighted by molar-refractivity contribution is 5.53. The van der Waals surface area contributed by atoms with Gasteiger partial charge in [-0.25, -0.2) is 4.39 Å². The number of rotatable bonds is 6. The zero-order valence-electron chi connectivity index (χ0n) is 9.74. The maximum atomic E-state index is 13.4. The fourth-order valence-corrected chi connectivity index (χ4v) is 1.53. The number of anilines is 1. The van der Waals surface area contributed by atoms with Crippen molar-refractivity contribution in [2.24, 2.45) is 0 Å². The van der Waals surface area contributed by atoms with Gasteiger partial charge in [0, 0.05) is 31.5 Å². The molecule has 0 aliphatic carbocycles.